The Morgan fingerprint density at radius 1 is 0.914 bits per heavy atom. The number of nitrogens with zero attached hydrogens (tertiary/aromatic N) is 1. The minimum atomic E-state index is -0.816. The molecule has 0 saturated carbocycles. The molecule has 35 heavy (non-hydrogen) atoms. The highest BCUT2D eigenvalue weighted by molar-refractivity contribution is 5.98. The van der Waals surface area contributed by atoms with Crippen molar-refractivity contribution in [1.82, 2.24) is 16.0 Å². The van der Waals surface area contributed by atoms with Gasteiger partial charge in [0, 0.05) is 25.0 Å². The van der Waals surface area contributed by atoms with Gasteiger partial charge in [0.2, 0.25) is 5.91 Å². The number of nitrogens with one attached hydrogen (secondary N) is 3. The van der Waals surface area contributed by atoms with Crippen molar-refractivity contribution < 1.29 is 18.8 Å². The molecule has 0 fully saturated rings. The molecule has 11 nitrogen and oxygen atoms in total. The largest absolute Gasteiger partial charge is 0.451 e. The summed E-state index contributed by atoms with van der Waals surface area (Å²) in [6.07, 6.45) is 0.810. The molecule has 3 rings (SSSR count). The van der Waals surface area contributed by atoms with Crippen LogP contribution < -0.4 is 33.2 Å². The zero-order valence-corrected chi connectivity index (χ0v) is 19.1. The number of furan rings is 1. The van der Waals surface area contributed by atoms with E-state index in [4.69, 9.17) is 21.6 Å². The lowest BCUT2D eigenvalue weighted by Gasteiger charge is -2.18. The molecule has 2 aromatic carbocycles. The molecule has 0 aliphatic heterocycles. The first kappa shape index (κ1) is 25.1. The molecule has 184 valence electrons. The second-order valence-electron chi connectivity index (χ2n) is 7.88. The highest BCUT2D eigenvalue weighted by Crippen LogP contribution is 2.19. The summed E-state index contributed by atoms with van der Waals surface area (Å²) < 4.78 is 5.61. The smallest absolute Gasteiger partial charge is 0.312 e. The predicted octanol–water partition coefficient (Wildman–Crippen LogP) is 1.07. The monoisotopic (exact) mass is 479 g/mol. The fourth-order valence-corrected chi connectivity index (χ4v) is 3.37. The number of carbonyl (C=O) groups is 3. The molecular weight excluding hydrogens is 450 g/mol. The molecule has 1 aromatic heterocycles. The van der Waals surface area contributed by atoms with Crippen LogP contribution in [0.4, 0.5) is 4.79 Å². The second-order valence-corrected chi connectivity index (χ2v) is 7.88. The van der Waals surface area contributed by atoms with E-state index in [0.717, 1.165) is 16.5 Å². The summed E-state index contributed by atoms with van der Waals surface area (Å²) in [6, 6.07) is 14.8. The van der Waals surface area contributed by atoms with Crippen LogP contribution in [0.25, 0.3) is 11.0 Å². The normalized spacial score (nSPS) is 11.4. The number of fused-ring (bicyclic) bond motifs is 1. The molecule has 11 heteroatoms. The summed E-state index contributed by atoms with van der Waals surface area (Å²) in [6.45, 7) is 0.897. The minimum Gasteiger partial charge on any atom is -0.451 e. The Bertz CT molecular complexity index is 1170. The molecule has 4 amide bonds. The van der Waals surface area contributed by atoms with Crippen molar-refractivity contribution in [1.29, 1.82) is 0 Å². The van der Waals surface area contributed by atoms with Gasteiger partial charge in [0.25, 0.3) is 5.91 Å². The molecule has 0 spiro atoms. The van der Waals surface area contributed by atoms with Crippen LogP contribution >= 0.6 is 0 Å². The van der Waals surface area contributed by atoms with Crippen molar-refractivity contribution >= 4 is 34.8 Å². The number of benzene rings is 2. The Kier molecular flexibility index (Phi) is 8.65. The summed E-state index contributed by atoms with van der Waals surface area (Å²) in [5, 5.41) is 8.90. The SMILES string of the molecule is NC(=O)NCc1ccc(CNC(=O)[C@@H](CCCN=C(N)N)NC(=O)c2cc3ccccc3o2)cc1. The molecule has 0 radical (unpaired) electrons. The number of primary amides is 1. The van der Waals surface area contributed by atoms with E-state index in [2.05, 4.69) is 20.9 Å². The number of para-hydroxylation sites is 1. The molecule has 0 saturated heterocycles. The van der Waals surface area contributed by atoms with Gasteiger partial charge in [0.05, 0.1) is 0 Å². The standard InChI is InChI=1S/C24H29N7O4/c25-23(26)28-11-3-5-18(31-22(33)20-12-17-4-1-2-6-19(17)35-20)21(32)29-13-15-7-9-16(10-8-15)14-30-24(27)34/h1-2,4,6-10,12,18H,3,5,11,13-14H2,(H,29,32)(H,31,33)(H4,25,26,28)(H3,27,30,34)/t18-/m1/s1. The van der Waals surface area contributed by atoms with E-state index in [-0.39, 0.29) is 24.2 Å². The zero-order chi connectivity index (χ0) is 25.2. The highest BCUT2D eigenvalue weighted by Gasteiger charge is 2.23. The van der Waals surface area contributed by atoms with Crippen LogP contribution in [-0.2, 0) is 17.9 Å². The summed E-state index contributed by atoms with van der Waals surface area (Å²) in [5.41, 5.74) is 18.1. The van der Waals surface area contributed by atoms with Crippen LogP contribution in [0.1, 0.15) is 34.5 Å². The summed E-state index contributed by atoms with van der Waals surface area (Å²) in [7, 11) is 0. The van der Waals surface area contributed by atoms with Crippen molar-refractivity contribution in [2.24, 2.45) is 22.2 Å². The fourth-order valence-electron chi connectivity index (χ4n) is 3.37. The van der Waals surface area contributed by atoms with Crippen molar-refractivity contribution in [2.45, 2.75) is 32.0 Å². The van der Waals surface area contributed by atoms with Crippen LogP contribution in [0.5, 0.6) is 0 Å². The summed E-state index contributed by atoms with van der Waals surface area (Å²) in [4.78, 5) is 40.5. The number of guanidine groups is 1. The minimum absolute atomic E-state index is 0.0354. The van der Waals surface area contributed by atoms with E-state index in [1.165, 1.54) is 0 Å². The van der Waals surface area contributed by atoms with Gasteiger partial charge >= 0.3 is 6.03 Å². The first-order valence-electron chi connectivity index (χ1n) is 11.1. The Morgan fingerprint density at radius 3 is 2.20 bits per heavy atom. The molecular formula is C24H29N7O4. The third kappa shape index (κ3) is 7.77. The van der Waals surface area contributed by atoms with Crippen molar-refractivity contribution in [3.05, 3.63) is 71.5 Å². The lowest BCUT2D eigenvalue weighted by atomic mass is 10.1. The molecule has 1 heterocycles. The maximum Gasteiger partial charge on any atom is 0.312 e. The van der Waals surface area contributed by atoms with Crippen molar-refractivity contribution in [3.8, 4) is 0 Å². The van der Waals surface area contributed by atoms with Crippen LogP contribution in [0.3, 0.4) is 0 Å². The van der Waals surface area contributed by atoms with E-state index < -0.39 is 18.0 Å². The van der Waals surface area contributed by atoms with Crippen LogP contribution in [-0.4, -0.2) is 36.4 Å². The van der Waals surface area contributed by atoms with E-state index in [9.17, 15) is 14.4 Å². The van der Waals surface area contributed by atoms with E-state index >= 15 is 0 Å². The van der Waals surface area contributed by atoms with E-state index in [0.29, 0.717) is 31.5 Å². The Morgan fingerprint density at radius 2 is 1.57 bits per heavy atom. The first-order valence-corrected chi connectivity index (χ1v) is 11.1. The quantitative estimate of drug-likeness (QED) is 0.135. The van der Waals surface area contributed by atoms with Gasteiger partial charge < -0.3 is 37.6 Å². The number of nitrogens with two attached hydrogens (primary N) is 3. The third-order valence-corrected chi connectivity index (χ3v) is 5.17. The van der Waals surface area contributed by atoms with E-state index in [1.807, 2.05) is 42.5 Å². The van der Waals surface area contributed by atoms with Crippen LogP contribution in [0, 0.1) is 0 Å². The lowest BCUT2D eigenvalue weighted by molar-refractivity contribution is -0.123. The van der Waals surface area contributed by atoms with Crippen molar-refractivity contribution in [2.75, 3.05) is 6.54 Å². The molecule has 3 aromatic rings. The third-order valence-electron chi connectivity index (χ3n) is 5.17. The van der Waals surface area contributed by atoms with Crippen LogP contribution in [0.2, 0.25) is 0 Å². The number of carbonyl (C=O) groups excluding carboxylic acids is 3. The van der Waals surface area contributed by atoms with Gasteiger partial charge in [-0.15, -0.1) is 0 Å². The number of aliphatic imine (C=N–C) groups is 1. The number of hydrogen-bond donors (Lipinski definition) is 6. The number of hydrogen-bond acceptors (Lipinski definition) is 5. The van der Waals surface area contributed by atoms with Crippen LogP contribution in [0.15, 0.2) is 64.0 Å². The molecule has 0 bridgehead atoms. The number of urea groups is 1. The Balaban J connectivity index is 1.62. The molecule has 0 aliphatic rings. The molecule has 0 aliphatic carbocycles. The zero-order valence-electron chi connectivity index (χ0n) is 19.1. The van der Waals surface area contributed by atoms with Gasteiger partial charge in [-0.05, 0) is 36.1 Å². The summed E-state index contributed by atoms with van der Waals surface area (Å²) in [5.74, 6) is -0.756. The first-order chi connectivity index (χ1) is 16.8. The highest BCUT2D eigenvalue weighted by atomic mass is 16.3. The average Bonchev–Trinajstić information content (AvgIpc) is 3.28. The fraction of sp³-hybridized carbons (Fsp3) is 0.250. The second kappa shape index (κ2) is 12.1. The topological polar surface area (TPSA) is 191 Å². The van der Waals surface area contributed by atoms with Crippen molar-refractivity contribution in [3.63, 3.8) is 0 Å². The van der Waals surface area contributed by atoms with Gasteiger partial charge in [-0.25, -0.2) is 4.79 Å². The maximum atomic E-state index is 12.9. The summed E-state index contributed by atoms with van der Waals surface area (Å²) >= 11 is 0. The van der Waals surface area contributed by atoms with Gasteiger partial charge in [-0.2, -0.15) is 0 Å². The van der Waals surface area contributed by atoms with Gasteiger partial charge in [0.1, 0.15) is 11.6 Å². The molecule has 0 unspecified atom stereocenters. The Labute approximate surface area is 202 Å². The van der Waals surface area contributed by atoms with Gasteiger partial charge in [-0.3, -0.25) is 14.6 Å². The Hall–Kier alpha value is -4.54. The molecule has 9 N–H and O–H groups in total. The number of amides is 4. The van der Waals surface area contributed by atoms with Gasteiger partial charge in [0.15, 0.2) is 11.7 Å². The predicted molar refractivity (Wildman–Crippen MR) is 132 cm³/mol. The van der Waals surface area contributed by atoms with Gasteiger partial charge in [-0.1, -0.05) is 42.5 Å². The number of rotatable bonds is 11. The lowest BCUT2D eigenvalue weighted by Crippen LogP contribution is -2.46. The van der Waals surface area contributed by atoms with E-state index in [1.54, 1.807) is 12.1 Å². The molecule has 1 atom stereocenters. The average molecular weight is 480 g/mol. The maximum absolute atomic E-state index is 12.9.